The molecular weight excluding hydrogens is 374 g/mol. The molecule has 0 bridgehead atoms. The Labute approximate surface area is 165 Å². The van der Waals surface area contributed by atoms with Crippen LogP contribution in [0.3, 0.4) is 0 Å². The third kappa shape index (κ3) is 3.22. The Morgan fingerprint density at radius 2 is 1.48 bits per heavy atom. The number of hydrogen-bond donors (Lipinski definition) is 5. The van der Waals surface area contributed by atoms with Crippen molar-refractivity contribution >= 4 is 17.0 Å². The van der Waals surface area contributed by atoms with Crippen LogP contribution in [0.15, 0.2) is 49.1 Å². The summed E-state index contributed by atoms with van der Waals surface area (Å²) in [6.07, 6.45) is 3.36. The summed E-state index contributed by atoms with van der Waals surface area (Å²) in [5, 5.41) is 40.7. The summed E-state index contributed by atoms with van der Waals surface area (Å²) in [5.41, 5.74) is 7.73. The number of para-hydroxylation sites is 2. The Morgan fingerprint density at radius 1 is 0.862 bits per heavy atom. The van der Waals surface area contributed by atoms with Gasteiger partial charge in [0.05, 0.1) is 6.33 Å². The van der Waals surface area contributed by atoms with Crippen LogP contribution in [0.2, 0.25) is 0 Å². The zero-order valence-electron chi connectivity index (χ0n) is 15.3. The summed E-state index contributed by atoms with van der Waals surface area (Å²) in [6.45, 7) is 0.418. The molecule has 0 aliphatic heterocycles. The molecule has 0 fully saturated rings. The van der Waals surface area contributed by atoms with E-state index < -0.39 is 5.92 Å². The normalized spacial score (nSPS) is 11.3. The number of phenolic OH excluding ortho intramolecular Hbond substituents is 4. The number of aromatic nitrogens is 4. The van der Waals surface area contributed by atoms with Crippen LogP contribution in [0.25, 0.3) is 11.2 Å². The van der Waals surface area contributed by atoms with E-state index in [1.165, 1.54) is 18.5 Å². The standard InChI is InChI=1S/C20H19N5O4/c21-19-16-20(23-9-22-19)25(10-24-16)8-7-11(12-3-1-5-14(26)17(12)28)13-4-2-6-15(27)18(13)29/h1-6,9-11,26-29H,7-8H2,(H2,21,22,23). The monoisotopic (exact) mass is 393 g/mol. The van der Waals surface area contributed by atoms with Gasteiger partial charge in [0.25, 0.3) is 0 Å². The molecule has 0 saturated carbocycles. The van der Waals surface area contributed by atoms with E-state index in [0.29, 0.717) is 35.3 Å². The van der Waals surface area contributed by atoms with E-state index in [-0.39, 0.29) is 28.8 Å². The quantitative estimate of drug-likeness (QED) is 0.324. The van der Waals surface area contributed by atoms with Gasteiger partial charge in [-0.15, -0.1) is 0 Å². The zero-order valence-corrected chi connectivity index (χ0v) is 15.3. The van der Waals surface area contributed by atoms with Crippen molar-refractivity contribution in [2.75, 3.05) is 5.73 Å². The van der Waals surface area contributed by atoms with Crippen LogP contribution < -0.4 is 5.73 Å². The summed E-state index contributed by atoms with van der Waals surface area (Å²) in [7, 11) is 0. The smallest absolute Gasteiger partial charge is 0.165 e. The molecule has 9 heteroatoms. The fraction of sp³-hybridized carbons (Fsp3) is 0.150. The van der Waals surface area contributed by atoms with Crippen molar-refractivity contribution in [2.24, 2.45) is 0 Å². The topological polar surface area (TPSA) is 151 Å². The summed E-state index contributed by atoms with van der Waals surface area (Å²) >= 11 is 0. The number of aromatic hydroxyl groups is 4. The Hall–Kier alpha value is -4.01. The summed E-state index contributed by atoms with van der Waals surface area (Å²) in [5.74, 6) is -1.32. The number of aryl methyl sites for hydroxylation is 1. The van der Waals surface area contributed by atoms with Crippen LogP contribution in [0.4, 0.5) is 5.82 Å². The molecule has 0 unspecified atom stereocenters. The van der Waals surface area contributed by atoms with Crippen LogP contribution in [0.1, 0.15) is 23.5 Å². The first kappa shape index (κ1) is 18.4. The molecule has 0 aliphatic rings. The fourth-order valence-corrected chi connectivity index (χ4v) is 3.47. The van der Waals surface area contributed by atoms with Crippen molar-refractivity contribution in [2.45, 2.75) is 18.9 Å². The van der Waals surface area contributed by atoms with Gasteiger partial charge in [-0.1, -0.05) is 24.3 Å². The lowest BCUT2D eigenvalue weighted by Crippen LogP contribution is -2.08. The van der Waals surface area contributed by atoms with Crippen molar-refractivity contribution in [1.29, 1.82) is 0 Å². The molecule has 6 N–H and O–H groups in total. The van der Waals surface area contributed by atoms with Crippen LogP contribution in [0.5, 0.6) is 23.0 Å². The minimum Gasteiger partial charge on any atom is -0.504 e. The Morgan fingerprint density at radius 3 is 2.10 bits per heavy atom. The maximum Gasteiger partial charge on any atom is 0.165 e. The zero-order chi connectivity index (χ0) is 20.5. The van der Waals surface area contributed by atoms with Crippen LogP contribution in [-0.2, 0) is 6.54 Å². The molecule has 0 aliphatic carbocycles. The molecule has 4 aromatic rings. The van der Waals surface area contributed by atoms with Gasteiger partial charge >= 0.3 is 0 Å². The van der Waals surface area contributed by atoms with E-state index in [2.05, 4.69) is 15.0 Å². The van der Waals surface area contributed by atoms with Gasteiger partial charge in [0, 0.05) is 23.6 Å². The maximum atomic E-state index is 10.4. The molecular formula is C20H19N5O4. The van der Waals surface area contributed by atoms with E-state index in [1.54, 1.807) is 35.2 Å². The number of nitrogens with two attached hydrogens (primary N) is 1. The number of benzene rings is 2. The van der Waals surface area contributed by atoms with Gasteiger partial charge < -0.3 is 30.7 Å². The van der Waals surface area contributed by atoms with Gasteiger partial charge in [-0.2, -0.15) is 0 Å². The molecule has 2 heterocycles. The first-order chi connectivity index (χ1) is 14.0. The molecule has 4 rings (SSSR count). The highest BCUT2D eigenvalue weighted by Crippen LogP contribution is 2.43. The third-order valence-corrected chi connectivity index (χ3v) is 4.93. The number of nitrogen functional groups attached to an aromatic ring is 1. The average molecular weight is 393 g/mol. The van der Waals surface area contributed by atoms with E-state index in [4.69, 9.17) is 5.73 Å². The molecule has 0 radical (unpaired) electrons. The van der Waals surface area contributed by atoms with Gasteiger partial charge in [0.1, 0.15) is 11.8 Å². The lowest BCUT2D eigenvalue weighted by Gasteiger charge is -2.21. The van der Waals surface area contributed by atoms with Gasteiger partial charge in [-0.25, -0.2) is 15.0 Å². The van der Waals surface area contributed by atoms with Crippen LogP contribution >= 0.6 is 0 Å². The van der Waals surface area contributed by atoms with Gasteiger partial charge in [-0.05, 0) is 18.6 Å². The van der Waals surface area contributed by atoms with Gasteiger partial charge in [0.15, 0.2) is 34.5 Å². The van der Waals surface area contributed by atoms with E-state index in [1.807, 2.05) is 0 Å². The average Bonchev–Trinajstić information content (AvgIpc) is 3.12. The predicted molar refractivity (Wildman–Crippen MR) is 106 cm³/mol. The highest BCUT2D eigenvalue weighted by molar-refractivity contribution is 5.81. The van der Waals surface area contributed by atoms with E-state index in [0.717, 1.165) is 0 Å². The second-order valence-corrected chi connectivity index (χ2v) is 6.64. The number of imidazole rings is 1. The Bertz CT molecular complexity index is 1140. The molecule has 9 nitrogen and oxygen atoms in total. The summed E-state index contributed by atoms with van der Waals surface area (Å²) < 4.78 is 1.79. The number of phenols is 4. The second-order valence-electron chi connectivity index (χ2n) is 6.64. The summed E-state index contributed by atoms with van der Waals surface area (Å²) in [6, 6.07) is 9.29. The fourth-order valence-electron chi connectivity index (χ4n) is 3.47. The first-order valence-electron chi connectivity index (χ1n) is 8.90. The minimum atomic E-state index is -0.522. The molecule has 2 aromatic carbocycles. The van der Waals surface area contributed by atoms with Crippen LogP contribution in [0, 0.1) is 0 Å². The third-order valence-electron chi connectivity index (χ3n) is 4.93. The lowest BCUT2D eigenvalue weighted by molar-refractivity contribution is 0.387. The molecule has 0 atom stereocenters. The lowest BCUT2D eigenvalue weighted by atomic mass is 9.87. The van der Waals surface area contributed by atoms with Crippen molar-refractivity contribution in [3.05, 3.63) is 60.2 Å². The predicted octanol–water partition coefficient (Wildman–Crippen LogP) is 2.45. The molecule has 148 valence electrons. The van der Waals surface area contributed by atoms with Gasteiger partial charge in [-0.3, -0.25) is 0 Å². The Balaban J connectivity index is 1.75. The van der Waals surface area contributed by atoms with E-state index in [9.17, 15) is 20.4 Å². The van der Waals surface area contributed by atoms with E-state index >= 15 is 0 Å². The largest absolute Gasteiger partial charge is 0.504 e. The minimum absolute atomic E-state index is 0.263. The highest BCUT2D eigenvalue weighted by atomic mass is 16.3. The molecule has 29 heavy (non-hydrogen) atoms. The van der Waals surface area contributed by atoms with Crippen molar-refractivity contribution in [3.63, 3.8) is 0 Å². The number of hydrogen-bond acceptors (Lipinski definition) is 8. The maximum absolute atomic E-state index is 10.4. The molecule has 0 saturated heterocycles. The van der Waals surface area contributed by atoms with Crippen LogP contribution in [-0.4, -0.2) is 39.9 Å². The van der Waals surface area contributed by atoms with Crippen molar-refractivity contribution in [1.82, 2.24) is 19.5 Å². The number of fused-ring (bicyclic) bond motifs is 1. The van der Waals surface area contributed by atoms with Crippen molar-refractivity contribution < 1.29 is 20.4 Å². The molecule has 0 spiro atoms. The summed E-state index contributed by atoms with van der Waals surface area (Å²) in [4.78, 5) is 12.4. The second kappa shape index (κ2) is 7.19. The van der Waals surface area contributed by atoms with Gasteiger partial charge in [0.2, 0.25) is 0 Å². The SMILES string of the molecule is Nc1ncnc2c1ncn2CCC(c1cccc(O)c1O)c1cccc(O)c1O. The molecule has 0 amide bonds. The number of nitrogens with zero attached hydrogens (tertiary/aromatic N) is 4. The van der Waals surface area contributed by atoms with Crippen molar-refractivity contribution in [3.8, 4) is 23.0 Å². The molecule has 2 aromatic heterocycles. The number of anilines is 1. The Kier molecular flexibility index (Phi) is 4.55. The number of rotatable bonds is 5. The first-order valence-corrected chi connectivity index (χ1v) is 8.90. The highest BCUT2D eigenvalue weighted by Gasteiger charge is 2.24.